The number of benzene rings is 5. The van der Waals surface area contributed by atoms with Gasteiger partial charge in [0, 0.05) is 0 Å². The number of aryl methyl sites for hydroxylation is 2. The van der Waals surface area contributed by atoms with Crippen LogP contribution < -0.4 is 15.9 Å². The van der Waals surface area contributed by atoms with Gasteiger partial charge in [0.2, 0.25) is 0 Å². The van der Waals surface area contributed by atoms with E-state index in [1.54, 1.807) is 12.1 Å². The Labute approximate surface area is 254 Å². The zero-order valence-electron chi connectivity index (χ0n) is 24.1. The van der Waals surface area contributed by atoms with Crippen LogP contribution in [-0.2, 0) is 26.9 Å². The molecule has 0 aliphatic heterocycles. The fraction of sp³-hybridized carbons (Fsp3) is 0.162. The van der Waals surface area contributed by atoms with Crippen molar-refractivity contribution in [3.63, 3.8) is 0 Å². The third kappa shape index (κ3) is 5.21. The molecule has 0 amide bonds. The average molecular weight is 604 g/mol. The van der Waals surface area contributed by atoms with Crippen LogP contribution in [0.2, 0.25) is 0 Å². The van der Waals surface area contributed by atoms with E-state index in [0.29, 0.717) is 11.7 Å². The van der Waals surface area contributed by atoms with Gasteiger partial charge >= 0.3 is 255 Å². The molecule has 216 valence electrons. The fourth-order valence-electron chi connectivity index (χ4n) is 6.67. The van der Waals surface area contributed by atoms with E-state index in [1.807, 2.05) is 122 Å². The summed E-state index contributed by atoms with van der Waals surface area (Å²) >= 11 is 0. The van der Waals surface area contributed by atoms with Crippen LogP contribution >= 0.6 is 6.83 Å². The van der Waals surface area contributed by atoms with Crippen LogP contribution in [-0.4, -0.2) is 14.6 Å². The Balaban J connectivity index is 1.64. The molecule has 4 nitrogen and oxygen atoms in total. The Hall–Kier alpha value is -4.07. The van der Waals surface area contributed by atoms with Crippen LogP contribution in [0.25, 0.3) is 0 Å². The molecule has 5 aromatic carbocycles. The van der Waals surface area contributed by atoms with E-state index in [9.17, 15) is 13.7 Å². The molecular weight excluding hydrogens is 569 g/mol. The fourth-order valence-corrected chi connectivity index (χ4v) is 15.7. The van der Waals surface area contributed by atoms with Gasteiger partial charge in [0.1, 0.15) is 0 Å². The van der Waals surface area contributed by atoms with Crippen molar-refractivity contribution in [2.45, 2.75) is 31.1 Å². The molecule has 0 fully saturated rings. The van der Waals surface area contributed by atoms with Crippen molar-refractivity contribution in [2.24, 2.45) is 5.92 Å². The molecule has 43 heavy (non-hydrogen) atoms. The van der Waals surface area contributed by atoms with Crippen molar-refractivity contribution in [2.75, 3.05) is 6.16 Å². The average Bonchev–Trinajstić information content (AvgIpc) is 3.05. The van der Waals surface area contributed by atoms with E-state index in [-0.39, 0.29) is 10.8 Å². The number of nitriles is 1. The molecule has 0 aromatic heterocycles. The third-order valence-electron chi connectivity index (χ3n) is 8.75. The molecule has 6 heteroatoms. The summed E-state index contributed by atoms with van der Waals surface area (Å²) < 4.78 is 36.2. The molecule has 0 saturated heterocycles. The summed E-state index contributed by atoms with van der Waals surface area (Å²) in [6, 6.07) is 45.1. The second-order valence-electron chi connectivity index (χ2n) is 11.4. The first-order chi connectivity index (χ1) is 20.8. The van der Waals surface area contributed by atoms with Crippen LogP contribution in [0.1, 0.15) is 28.7 Å². The minimum absolute atomic E-state index is 0.131. The molecule has 1 aliphatic carbocycles. The van der Waals surface area contributed by atoms with Crippen LogP contribution in [0.15, 0.2) is 138 Å². The maximum absolute atomic E-state index is 14.6. The Kier molecular flexibility index (Phi) is 7.79. The van der Waals surface area contributed by atoms with E-state index in [1.165, 1.54) is 11.1 Å². The molecule has 1 unspecified atom stereocenters. The summed E-state index contributed by atoms with van der Waals surface area (Å²) in [7, 11) is -4.24. The van der Waals surface area contributed by atoms with Crippen molar-refractivity contribution in [1.82, 2.24) is 0 Å². The third-order valence-corrected chi connectivity index (χ3v) is 17.1. The monoisotopic (exact) mass is 603 g/mol. The first-order valence-electron chi connectivity index (χ1n) is 14.6. The number of fused-ring (bicyclic) bond motifs is 1. The molecule has 0 radical (unpaired) electrons. The van der Waals surface area contributed by atoms with Crippen LogP contribution in [0.4, 0.5) is 0 Å². The first-order valence-corrected chi connectivity index (χ1v) is 18.3. The van der Waals surface area contributed by atoms with Crippen molar-refractivity contribution in [3.05, 3.63) is 156 Å². The van der Waals surface area contributed by atoms with Gasteiger partial charge in [-0.15, -0.1) is 0 Å². The second kappa shape index (κ2) is 11.5. The molecular formula is C37H34NO3PS. The van der Waals surface area contributed by atoms with Crippen molar-refractivity contribution < 1.29 is 12.4 Å². The zero-order valence-corrected chi connectivity index (χ0v) is 25.8. The van der Waals surface area contributed by atoms with Crippen molar-refractivity contribution in [3.8, 4) is 6.07 Å². The molecule has 1 atom stereocenters. The molecule has 1 aliphatic rings. The Morgan fingerprint density at radius 3 is 1.79 bits per heavy atom. The van der Waals surface area contributed by atoms with E-state index >= 15 is 0 Å². The number of nitrogens with zero attached hydrogens (tertiary/aromatic N) is 1. The molecule has 0 N–H and O–H groups in total. The van der Waals surface area contributed by atoms with Crippen LogP contribution in [0.5, 0.6) is 0 Å². The molecule has 0 bridgehead atoms. The van der Waals surface area contributed by atoms with Gasteiger partial charge in [-0.25, -0.2) is 0 Å². The summed E-state index contributed by atoms with van der Waals surface area (Å²) in [5, 5.41) is 12.1. The van der Waals surface area contributed by atoms with Crippen LogP contribution in [0.3, 0.4) is 0 Å². The zero-order chi connectivity index (χ0) is 29.9. The summed E-state index contributed by atoms with van der Waals surface area (Å²) in [4.78, 5) is 0.146. The van der Waals surface area contributed by atoms with Crippen molar-refractivity contribution in [1.29, 1.82) is 5.26 Å². The van der Waals surface area contributed by atoms with Gasteiger partial charge in [-0.2, -0.15) is 0 Å². The quantitative estimate of drug-likeness (QED) is 0.183. The van der Waals surface area contributed by atoms with E-state index in [4.69, 9.17) is 3.97 Å². The van der Waals surface area contributed by atoms with Gasteiger partial charge in [-0.1, -0.05) is 0 Å². The predicted molar refractivity (Wildman–Crippen MR) is 176 cm³/mol. The van der Waals surface area contributed by atoms with Gasteiger partial charge < -0.3 is 0 Å². The maximum atomic E-state index is 14.6. The number of rotatable bonds is 8. The van der Waals surface area contributed by atoms with E-state index in [2.05, 4.69) is 12.1 Å². The van der Waals surface area contributed by atoms with Crippen LogP contribution in [0, 0.1) is 24.2 Å². The predicted octanol–water partition coefficient (Wildman–Crippen LogP) is 6.82. The Morgan fingerprint density at radius 1 is 0.744 bits per heavy atom. The normalized spacial score (nSPS) is 15.9. The van der Waals surface area contributed by atoms with Gasteiger partial charge in [-0.3, -0.25) is 0 Å². The van der Waals surface area contributed by atoms with Gasteiger partial charge in [-0.05, 0) is 0 Å². The SMILES string of the molecule is Cc1ccc(S(=O)(=O)OP(CC2CCc3cc(C#N)ccc3C2)(c2ccccc2)(c2ccccc2)c2ccccc2)cc1. The van der Waals surface area contributed by atoms with E-state index < -0.39 is 16.9 Å². The molecule has 0 spiro atoms. The second-order valence-corrected chi connectivity index (χ2v) is 17.8. The Morgan fingerprint density at radius 2 is 1.28 bits per heavy atom. The van der Waals surface area contributed by atoms with E-state index in [0.717, 1.165) is 40.7 Å². The summed E-state index contributed by atoms with van der Waals surface area (Å²) in [6.45, 7) is -2.27. The summed E-state index contributed by atoms with van der Waals surface area (Å²) in [5.74, 6) is 0.131. The molecule has 6 rings (SSSR count). The molecule has 0 saturated carbocycles. The number of hydrogen-bond donors (Lipinski definition) is 0. The van der Waals surface area contributed by atoms with Gasteiger partial charge in [0.15, 0.2) is 0 Å². The first kappa shape index (κ1) is 29.0. The minimum atomic E-state index is -4.24. The Bertz CT molecular complexity index is 1790. The topological polar surface area (TPSA) is 67.2 Å². The standard InChI is InChI=1S/C37H34NO3PS/c1-29-17-23-37(24-18-29)43(39,40)41-42(34-11-5-2-6-12-34,35-13-7-3-8-14-35,36-15-9-4-10-16-36)28-31-20-22-32-25-30(27-38)19-21-33(32)26-31/h2-19,21,23-25,31H,20,22,26,28H2,1H3. The summed E-state index contributed by atoms with van der Waals surface area (Å²) in [6.07, 6.45) is 2.98. The summed E-state index contributed by atoms with van der Waals surface area (Å²) in [5.41, 5.74) is 4.05. The number of hydrogen-bond acceptors (Lipinski definition) is 4. The van der Waals surface area contributed by atoms with Crippen molar-refractivity contribution >= 4 is 32.9 Å². The molecule has 0 heterocycles. The van der Waals surface area contributed by atoms with Gasteiger partial charge in [0.05, 0.1) is 0 Å². The van der Waals surface area contributed by atoms with Gasteiger partial charge in [0.25, 0.3) is 0 Å². The molecule has 5 aromatic rings.